The number of aromatic nitrogens is 5. The third-order valence-corrected chi connectivity index (χ3v) is 5.84. The highest BCUT2D eigenvalue weighted by Gasteiger charge is 2.49. The number of aromatic amines is 1. The van der Waals surface area contributed by atoms with Gasteiger partial charge < -0.3 is 0 Å². The van der Waals surface area contributed by atoms with Gasteiger partial charge >= 0.3 is 0 Å². The Hall–Kier alpha value is -3.65. The first-order valence-corrected chi connectivity index (χ1v) is 9.89. The predicted molar refractivity (Wildman–Crippen MR) is 113 cm³/mol. The van der Waals surface area contributed by atoms with Crippen LogP contribution >= 0.6 is 11.6 Å². The van der Waals surface area contributed by atoms with Crippen LogP contribution in [0.15, 0.2) is 61.4 Å². The summed E-state index contributed by atoms with van der Waals surface area (Å²) in [6.45, 7) is 1.89. The fourth-order valence-corrected chi connectivity index (χ4v) is 4.20. The minimum atomic E-state index is -0.896. The Morgan fingerprint density at radius 2 is 1.84 bits per heavy atom. The second kappa shape index (κ2) is 7.24. The van der Waals surface area contributed by atoms with Crippen LogP contribution in [0.25, 0.3) is 11.1 Å². The van der Waals surface area contributed by atoms with E-state index in [-0.39, 0.29) is 10.9 Å². The maximum absolute atomic E-state index is 13.7. The molecule has 31 heavy (non-hydrogen) atoms. The highest BCUT2D eigenvalue weighted by molar-refractivity contribution is 6.31. The molecular weight excluding hydrogens is 419 g/mol. The summed E-state index contributed by atoms with van der Waals surface area (Å²) in [5.41, 5.74) is 3.04. The number of hydrogen-bond donors (Lipinski definition) is 1. The van der Waals surface area contributed by atoms with Gasteiger partial charge in [0.1, 0.15) is 18.5 Å². The van der Waals surface area contributed by atoms with E-state index in [1.165, 1.54) is 23.6 Å². The van der Waals surface area contributed by atoms with Crippen LogP contribution < -0.4 is 4.90 Å². The molecule has 0 fully saturated rings. The summed E-state index contributed by atoms with van der Waals surface area (Å²) in [5, 5.41) is 6.70. The Bertz CT molecular complexity index is 1280. The van der Waals surface area contributed by atoms with Crippen LogP contribution in [0, 0.1) is 5.82 Å². The number of anilines is 2. The molecule has 7 nitrogen and oxygen atoms in total. The molecule has 2 aromatic carbocycles. The lowest BCUT2D eigenvalue weighted by atomic mass is 9.78. The van der Waals surface area contributed by atoms with Crippen molar-refractivity contribution in [3.63, 3.8) is 0 Å². The van der Waals surface area contributed by atoms with Gasteiger partial charge in [-0.05, 0) is 59.9 Å². The number of nitrogens with zero attached hydrogens (tertiary/aromatic N) is 5. The van der Waals surface area contributed by atoms with E-state index in [0.29, 0.717) is 18.1 Å². The van der Waals surface area contributed by atoms with E-state index < -0.39 is 11.2 Å². The van der Waals surface area contributed by atoms with Gasteiger partial charge in [-0.1, -0.05) is 23.7 Å². The smallest absolute Gasteiger partial charge is 0.244 e. The number of benzene rings is 2. The lowest BCUT2D eigenvalue weighted by Crippen LogP contribution is -2.38. The molecule has 0 unspecified atom stereocenters. The van der Waals surface area contributed by atoms with Crippen molar-refractivity contribution in [2.45, 2.75) is 18.8 Å². The zero-order valence-electron chi connectivity index (χ0n) is 16.4. The first-order chi connectivity index (χ1) is 15.0. The summed E-state index contributed by atoms with van der Waals surface area (Å²) in [7, 11) is 0. The van der Waals surface area contributed by atoms with Gasteiger partial charge in [0.2, 0.25) is 11.9 Å². The molecule has 3 heterocycles. The lowest BCUT2D eigenvalue weighted by Gasteiger charge is -2.23. The molecule has 4 aromatic rings. The molecule has 2 aromatic heterocycles. The third-order valence-electron chi connectivity index (χ3n) is 5.55. The van der Waals surface area contributed by atoms with Crippen LogP contribution in [0.5, 0.6) is 0 Å². The number of nitrogens with one attached hydrogen (secondary N) is 1. The average molecular weight is 435 g/mol. The molecule has 0 aliphatic carbocycles. The maximum atomic E-state index is 13.7. The summed E-state index contributed by atoms with van der Waals surface area (Å²) in [4.78, 5) is 27.5. The Morgan fingerprint density at radius 3 is 2.55 bits per heavy atom. The Morgan fingerprint density at radius 1 is 1.10 bits per heavy atom. The van der Waals surface area contributed by atoms with Crippen molar-refractivity contribution in [2.75, 3.05) is 4.90 Å². The van der Waals surface area contributed by atoms with E-state index in [2.05, 4.69) is 25.1 Å². The number of amides is 1. The number of fused-ring (bicyclic) bond motifs is 1. The summed E-state index contributed by atoms with van der Waals surface area (Å²) in [6.07, 6.45) is 6.61. The van der Waals surface area contributed by atoms with Crippen LogP contribution in [0.3, 0.4) is 0 Å². The van der Waals surface area contributed by atoms with Gasteiger partial charge in [-0.2, -0.15) is 10.1 Å². The van der Waals surface area contributed by atoms with Gasteiger partial charge in [0.05, 0.1) is 16.1 Å². The van der Waals surface area contributed by atoms with Crippen molar-refractivity contribution in [1.29, 1.82) is 0 Å². The van der Waals surface area contributed by atoms with Crippen LogP contribution in [0.4, 0.5) is 16.0 Å². The summed E-state index contributed by atoms with van der Waals surface area (Å²) < 4.78 is 13.6. The van der Waals surface area contributed by atoms with Crippen molar-refractivity contribution < 1.29 is 9.18 Å². The van der Waals surface area contributed by atoms with Gasteiger partial charge in [0.25, 0.3) is 0 Å². The fourth-order valence-electron chi connectivity index (χ4n) is 4.02. The van der Waals surface area contributed by atoms with Gasteiger partial charge in [-0.3, -0.25) is 4.79 Å². The van der Waals surface area contributed by atoms with Crippen LogP contribution in [-0.2, 0) is 16.6 Å². The number of carbonyl (C=O) groups excluding carboxylic acids is 1. The number of hydrogen-bond acceptors (Lipinski definition) is 5. The Kier molecular flexibility index (Phi) is 4.51. The van der Waals surface area contributed by atoms with Crippen LogP contribution in [0.1, 0.15) is 18.1 Å². The van der Waals surface area contributed by atoms with Crippen molar-refractivity contribution in [2.24, 2.45) is 0 Å². The number of H-pyrrole nitrogens is 1. The Labute approximate surface area is 182 Å². The quantitative estimate of drug-likeness (QED) is 0.519. The first kappa shape index (κ1) is 19.3. The van der Waals surface area contributed by atoms with Crippen molar-refractivity contribution in [3.8, 4) is 11.1 Å². The zero-order chi connectivity index (χ0) is 21.6. The maximum Gasteiger partial charge on any atom is 0.244 e. The van der Waals surface area contributed by atoms with Gasteiger partial charge in [0, 0.05) is 12.4 Å². The third kappa shape index (κ3) is 3.16. The SMILES string of the molecule is C[C@@]1(Cc2cncnc2)C(=O)N(c2ncn[nH]2)c2ccc(-c3ccc(F)c(Cl)c3)cc21. The molecule has 0 bridgehead atoms. The standard InChI is InChI=1S/C22H16ClFN6O/c1-22(8-13-9-25-11-26-10-13)16-6-14(15-2-4-18(24)17(23)7-15)3-5-19(16)30(20(22)31)21-27-12-28-29-21/h2-7,9-12H,8H2,1H3,(H,27,28,29)/t22-/m0/s1. The Balaban J connectivity index is 1.67. The lowest BCUT2D eigenvalue weighted by molar-refractivity contribution is -0.122. The molecule has 154 valence electrons. The van der Waals surface area contributed by atoms with E-state index >= 15 is 0 Å². The van der Waals surface area contributed by atoms with Crippen molar-refractivity contribution >= 4 is 29.1 Å². The molecule has 1 aliphatic heterocycles. The van der Waals surface area contributed by atoms with Gasteiger partial charge in [0.15, 0.2) is 0 Å². The van der Waals surface area contributed by atoms with Crippen LogP contribution in [0.2, 0.25) is 5.02 Å². The molecule has 1 N–H and O–H groups in total. The molecule has 1 aliphatic rings. The van der Waals surface area contributed by atoms with Crippen LogP contribution in [-0.4, -0.2) is 31.1 Å². The molecule has 0 saturated carbocycles. The summed E-state index contributed by atoms with van der Waals surface area (Å²) >= 11 is 5.99. The van der Waals surface area contributed by atoms with E-state index in [9.17, 15) is 9.18 Å². The fraction of sp³-hybridized carbons (Fsp3) is 0.136. The predicted octanol–water partition coefficient (Wildman–Crippen LogP) is 4.23. The molecule has 9 heteroatoms. The molecule has 0 radical (unpaired) electrons. The molecule has 1 atom stereocenters. The number of halogens is 2. The average Bonchev–Trinajstić information content (AvgIpc) is 3.37. The largest absolute Gasteiger partial charge is 0.273 e. The van der Waals surface area contributed by atoms with E-state index in [1.807, 2.05) is 25.1 Å². The highest BCUT2D eigenvalue weighted by Crippen LogP contribution is 2.47. The molecule has 1 amide bonds. The summed E-state index contributed by atoms with van der Waals surface area (Å²) in [6, 6.07) is 10.2. The second-order valence-electron chi connectivity index (χ2n) is 7.57. The van der Waals surface area contributed by atoms with Crippen molar-refractivity contribution in [1.82, 2.24) is 25.1 Å². The van der Waals surface area contributed by atoms with Gasteiger partial charge in [-0.15, -0.1) is 0 Å². The molecule has 0 saturated heterocycles. The number of carbonyl (C=O) groups is 1. The van der Waals surface area contributed by atoms with E-state index in [4.69, 9.17) is 11.6 Å². The minimum Gasteiger partial charge on any atom is -0.273 e. The first-order valence-electron chi connectivity index (χ1n) is 9.51. The molecular formula is C22H16ClFN6O. The second-order valence-corrected chi connectivity index (χ2v) is 7.97. The summed E-state index contributed by atoms with van der Waals surface area (Å²) in [5.74, 6) is -0.276. The zero-order valence-corrected chi connectivity index (χ0v) is 17.1. The topological polar surface area (TPSA) is 87.7 Å². The highest BCUT2D eigenvalue weighted by atomic mass is 35.5. The molecule has 5 rings (SSSR count). The van der Waals surface area contributed by atoms with Crippen molar-refractivity contribution in [3.05, 3.63) is 83.4 Å². The van der Waals surface area contributed by atoms with E-state index in [0.717, 1.165) is 22.3 Å². The normalized spacial score (nSPS) is 17.8. The van der Waals surface area contributed by atoms with Gasteiger partial charge in [-0.25, -0.2) is 24.4 Å². The number of rotatable bonds is 4. The minimum absolute atomic E-state index is 0.0431. The van der Waals surface area contributed by atoms with E-state index in [1.54, 1.807) is 24.5 Å². The molecule has 0 spiro atoms. The monoisotopic (exact) mass is 434 g/mol.